The molecule has 0 radical (unpaired) electrons. The number of nitrogens with zero attached hydrogens (tertiary/aromatic N) is 1. The average Bonchev–Trinajstić information content (AvgIpc) is 3.20. The Morgan fingerprint density at radius 2 is 1.76 bits per heavy atom. The summed E-state index contributed by atoms with van der Waals surface area (Å²) in [6.07, 6.45) is 0. The minimum atomic E-state index is -0.210. The maximum atomic E-state index is 12.7. The van der Waals surface area contributed by atoms with Crippen molar-refractivity contribution < 1.29 is 14.3 Å². The summed E-state index contributed by atoms with van der Waals surface area (Å²) in [7, 11) is 0. The molecule has 6 nitrogen and oxygen atoms in total. The van der Waals surface area contributed by atoms with Crippen LogP contribution in [0.1, 0.15) is 53.0 Å². The predicted octanol–water partition coefficient (Wildman–Crippen LogP) is 3.57. The zero-order valence-corrected chi connectivity index (χ0v) is 18.1. The second kappa shape index (κ2) is 10.0. The van der Waals surface area contributed by atoms with Crippen LogP contribution in [0.5, 0.6) is 0 Å². The van der Waals surface area contributed by atoms with E-state index in [1.807, 2.05) is 29.6 Å². The zero-order chi connectivity index (χ0) is 20.8. The van der Waals surface area contributed by atoms with Crippen molar-refractivity contribution >= 4 is 28.2 Å². The quantitative estimate of drug-likeness (QED) is 0.725. The highest BCUT2D eigenvalue weighted by Crippen LogP contribution is 2.24. The number of morpholine rings is 1. The Morgan fingerprint density at radius 3 is 2.41 bits per heavy atom. The molecule has 1 aliphatic rings. The summed E-state index contributed by atoms with van der Waals surface area (Å²) in [6, 6.07) is 9.56. The Hall–Kier alpha value is -2.22. The number of nitrogens with one attached hydrogen (secondary N) is 2. The monoisotopic (exact) mass is 415 g/mol. The van der Waals surface area contributed by atoms with Gasteiger partial charge in [-0.05, 0) is 42.0 Å². The zero-order valence-electron chi connectivity index (χ0n) is 17.2. The van der Waals surface area contributed by atoms with E-state index >= 15 is 0 Å². The first-order chi connectivity index (χ1) is 14.0. The number of carbonyl (C=O) groups excluding carboxylic acids is 2. The molecule has 2 amide bonds. The first kappa shape index (κ1) is 21.5. The molecule has 1 atom stereocenters. The van der Waals surface area contributed by atoms with Gasteiger partial charge in [-0.3, -0.25) is 14.5 Å². The molecule has 156 valence electrons. The van der Waals surface area contributed by atoms with E-state index in [-0.39, 0.29) is 17.9 Å². The van der Waals surface area contributed by atoms with E-state index in [1.165, 1.54) is 16.9 Å². The maximum absolute atomic E-state index is 12.7. The molecule has 2 aromatic rings. The normalized spacial score (nSPS) is 15.9. The van der Waals surface area contributed by atoms with Crippen molar-refractivity contribution in [3.05, 3.63) is 52.4 Å². The number of benzene rings is 1. The van der Waals surface area contributed by atoms with Crippen molar-refractivity contribution in [3.8, 4) is 0 Å². The van der Waals surface area contributed by atoms with Crippen LogP contribution < -0.4 is 10.6 Å². The molecule has 29 heavy (non-hydrogen) atoms. The molecule has 1 fully saturated rings. The fourth-order valence-corrected chi connectivity index (χ4v) is 4.04. The Bertz CT molecular complexity index is 826. The van der Waals surface area contributed by atoms with Gasteiger partial charge in [0.15, 0.2) is 0 Å². The van der Waals surface area contributed by atoms with Gasteiger partial charge >= 0.3 is 0 Å². The molecule has 1 aromatic heterocycles. The second-order valence-corrected chi connectivity index (χ2v) is 8.52. The summed E-state index contributed by atoms with van der Waals surface area (Å²) < 4.78 is 5.37. The number of ether oxygens (including phenoxy) is 1. The summed E-state index contributed by atoms with van der Waals surface area (Å²) >= 11 is 1.35. The summed E-state index contributed by atoms with van der Waals surface area (Å²) in [6.45, 7) is 10.1. The van der Waals surface area contributed by atoms with Gasteiger partial charge in [0.25, 0.3) is 11.8 Å². The number of thiophene rings is 1. The minimum Gasteiger partial charge on any atom is -0.379 e. The smallest absolute Gasteiger partial charge is 0.256 e. The van der Waals surface area contributed by atoms with Crippen molar-refractivity contribution in [3.63, 3.8) is 0 Å². The van der Waals surface area contributed by atoms with Crippen LogP contribution in [-0.2, 0) is 4.74 Å². The van der Waals surface area contributed by atoms with Crippen molar-refractivity contribution in [1.82, 2.24) is 10.2 Å². The van der Waals surface area contributed by atoms with Gasteiger partial charge in [0.05, 0.1) is 18.8 Å². The third-order valence-corrected chi connectivity index (χ3v) is 6.03. The molecule has 0 aliphatic carbocycles. The Balaban J connectivity index is 1.57. The topological polar surface area (TPSA) is 70.7 Å². The van der Waals surface area contributed by atoms with Crippen molar-refractivity contribution in [1.29, 1.82) is 0 Å². The highest BCUT2D eigenvalue weighted by atomic mass is 32.1. The van der Waals surface area contributed by atoms with Gasteiger partial charge in [0, 0.05) is 31.2 Å². The summed E-state index contributed by atoms with van der Waals surface area (Å²) in [5.41, 5.74) is 2.26. The van der Waals surface area contributed by atoms with Gasteiger partial charge in [-0.1, -0.05) is 26.0 Å². The van der Waals surface area contributed by atoms with E-state index in [0.717, 1.165) is 26.3 Å². The minimum absolute atomic E-state index is 0.170. The fraction of sp³-hybridized carbons (Fsp3) is 0.455. The first-order valence-electron chi connectivity index (χ1n) is 10.0. The summed E-state index contributed by atoms with van der Waals surface area (Å²) in [4.78, 5) is 27.5. The lowest BCUT2D eigenvalue weighted by molar-refractivity contribution is 0.0204. The molecule has 2 heterocycles. The first-order valence-corrected chi connectivity index (χ1v) is 10.9. The van der Waals surface area contributed by atoms with Gasteiger partial charge < -0.3 is 15.4 Å². The molecule has 2 N–H and O–H groups in total. The van der Waals surface area contributed by atoms with E-state index in [9.17, 15) is 9.59 Å². The van der Waals surface area contributed by atoms with Crippen molar-refractivity contribution in [2.45, 2.75) is 32.7 Å². The number of amides is 2. The number of hydrogen-bond acceptors (Lipinski definition) is 5. The van der Waals surface area contributed by atoms with Crippen LogP contribution >= 0.6 is 11.3 Å². The van der Waals surface area contributed by atoms with E-state index in [0.29, 0.717) is 28.6 Å². The third-order valence-electron chi connectivity index (χ3n) is 5.20. The fourth-order valence-electron chi connectivity index (χ4n) is 3.26. The van der Waals surface area contributed by atoms with Gasteiger partial charge in [-0.2, -0.15) is 0 Å². The molecule has 1 aliphatic heterocycles. The largest absolute Gasteiger partial charge is 0.379 e. The number of carbonyl (C=O) groups is 2. The van der Waals surface area contributed by atoms with Crippen LogP contribution in [0.15, 0.2) is 35.7 Å². The molecule has 1 aromatic carbocycles. The van der Waals surface area contributed by atoms with E-state index in [4.69, 9.17) is 4.74 Å². The SMILES string of the molecule is CC(C)c1ccc(C(=O)Nc2sccc2C(=O)NCC(C)N2CCOCC2)cc1. The predicted molar refractivity (Wildman–Crippen MR) is 117 cm³/mol. The Kier molecular flexibility index (Phi) is 7.41. The van der Waals surface area contributed by atoms with Crippen LogP contribution in [0.3, 0.4) is 0 Å². The molecule has 7 heteroatoms. The van der Waals surface area contributed by atoms with E-state index in [2.05, 4.69) is 36.3 Å². The number of hydrogen-bond donors (Lipinski definition) is 2. The van der Waals surface area contributed by atoms with Gasteiger partial charge in [-0.15, -0.1) is 11.3 Å². The maximum Gasteiger partial charge on any atom is 0.256 e. The van der Waals surface area contributed by atoms with Gasteiger partial charge in [0.1, 0.15) is 5.00 Å². The van der Waals surface area contributed by atoms with Crippen LogP contribution in [0.2, 0.25) is 0 Å². The summed E-state index contributed by atoms with van der Waals surface area (Å²) in [5.74, 6) is 0.0369. The number of anilines is 1. The highest BCUT2D eigenvalue weighted by Gasteiger charge is 2.20. The standard InChI is InChI=1S/C22H29N3O3S/c1-15(2)17-4-6-18(7-5-17)20(26)24-22-19(8-13-29-22)21(27)23-14-16(3)25-9-11-28-12-10-25/h4-8,13,15-16H,9-12,14H2,1-3H3,(H,23,27)(H,24,26). The summed E-state index contributed by atoms with van der Waals surface area (Å²) in [5, 5.41) is 8.25. The molecule has 0 saturated carbocycles. The van der Waals surface area contributed by atoms with Crippen LogP contribution in [-0.4, -0.2) is 55.6 Å². The van der Waals surface area contributed by atoms with Crippen LogP contribution in [0.4, 0.5) is 5.00 Å². The molecule has 0 spiro atoms. The lowest BCUT2D eigenvalue weighted by Gasteiger charge is -2.32. The lowest BCUT2D eigenvalue weighted by atomic mass is 10.0. The van der Waals surface area contributed by atoms with Gasteiger partial charge in [0.2, 0.25) is 0 Å². The molecule has 3 rings (SSSR count). The third kappa shape index (κ3) is 5.65. The molecule has 1 unspecified atom stereocenters. The van der Waals surface area contributed by atoms with Crippen LogP contribution in [0.25, 0.3) is 0 Å². The number of rotatable bonds is 7. The van der Waals surface area contributed by atoms with Crippen molar-refractivity contribution in [2.75, 3.05) is 38.2 Å². The van der Waals surface area contributed by atoms with Gasteiger partial charge in [-0.25, -0.2) is 0 Å². The van der Waals surface area contributed by atoms with Crippen LogP contribution in [0, 0.1) is 0 Å². The molecule has 0 bridgehead atoms. The Labute approximate surface area is 176 Å². The molecular weight excluding hydrogens is 386 g/mol. The molecule has 1 saturated heterocycles. The van der Waals surface area contributed by atoms with E-state index < -0.39 is 0 Å². The van der Waals surface area contributed by atoms with Crippen molar-refractivity contribution in [2.24, 2.45) is 0 Å². The lowest BCUT2D eigenvalue weighted by Crippen LogP contribution is -2.47. The average molecular weight is 416 g/mol. The van der Waals surface area contributed by atoms with E-state index in [1.54, 1.807) is 6.07 Å². The Morgan fingerprint density at radius 1 is 1.07 bits per heavy atom. The molecular formula is C22H29N3O3S. The second-order valence-electron chi connectivity index (χ2n) is 7.60. The highest BCUT2D eigenvalue weighted by molar-refractivity contribution is 7.14.